The third kappa shape index (κ3) is 2.97. The SMILES string of the molecule is COc1ccc(C)cc1NCc1cncc(F)c1. The van der Waals surface area contributed by atoms with E-state index in [4.69, 9.17) is 4.74 Å². The first-order valence-electron chi connectivity index (χ1n) is 5.67. The summed E-state index contributed by atoms with van der Waals surface area (Å²) in [7, 11) is 1.62. The van der Waals surface area contributed by atoms with Crippen LogP contribution >= 0.6 is 0 Å². The molecule has 0 spiro atoms. The monoisotopic (exact) mass is 246 g/mol. The van der Waals surface area contributed by atoms with Crippen molar-refractivity contribution in [2.75, 3.05) is 12.4 Å². The average Bonchev–Trinajstić information content (AvgIpc) is 2.37. The average molecular weight is 246 g/mol. The maximum atomic E-state index is 13.0. The number of aromatic nitrogens is 1. The number of halogens is 1. The topological polar surface area (TPSA) is 34.1 Å². The number of nitrogens with zero attached hydrogens (tertiary/aromatic N) is 1. The Morgan fingerprint density at radius 1 is 1.28 bits per heavy atom. The van der Waals surface area contributed by atoms with E-state index >= 15 is 0 Å². The molecule has 4 heteroatoms. The van der Waals surface area contributed by atoms with Crippen molar-refractivity contribution >= 4 is 5.69 Å². The molecular formula is C14H15FN2O. The highest BCUT2D eigenvalue weighted by molar-refractivity contribution is 5.58. The summed E-state index contributed by atoms with van der Waals surface area (Å²) < 4.78 is 18.2. The lowest BCUT2D eigenvalue weighted by molar-refractivity contribution is 0.416. The first kappa shape index (κ1) is 12.4. The molecule has 2 rings (SSSR count). The maximum absolute atomic E-state index is 13.0. The first-order valence-corrected chi connectivity index (χ1v) is 5.67. The Labute approximate surface area is 106 Å². The quantitative estimate of drug-likeness (QED) is 0.899. The Balaban J connectivity index is 2.12. The molecule has 0 amide bonds. The van der Waals surface area contributed by atoms with Crippen molar-refractivity contribution in [3.05, 3.63) is 53.6 Å². The van der Waals surface area contributed by atoms with E-state index in [1.165, 1.54) is 12.3 Å². The number of rotatable bonds is 4. The second kappa shape index (κ2) is 5.49. The van der Waals surface area contributed by atoms with Crippen molar-refractivity contribution in [1.29, 1.82) is 0 Å². The second-order valence-electron chi connectivity index (χ2n) is 4.07. The van der Waals surface area contributed by atoms with Gasteiger partial charge in [-0.05, 0) is 36.2 Å². The van der Waals surface area contributed by atoms with Crippen LogP contribution in [0.1, 0.15) is 11.1 Å². The van der Waals surface area contributed by atoms with Crippen LogP contribution in [0.15, 0.2) is 36.7 Å². The number of aryl methyl sites for hydroxylation is 1. The predicted octanol–water partition coefficient (Wildman–Crippen LogP) is 3.15. The van der Waals surface area contributed by atoms with Gasteiger partial charge in [-0.25, -0.2) is 4.39 Å². The lowest BCUT2D eigenvalue weighted by atomic mass is 10.2. The van der Waals surface area contributed by atoms with Gasteiger partial charge in [0.25, 0.3) is 0 Å². The van der Waals surface area contributed by atoms with E-state index in [2.05, 4.69) is 10.3 Å². The third-order valence-corrected chi connectivity index (χ3v) is 2.60. The van der Waals surface area contributed by atoms with E-state index in [1.54, 1.807) is 13.3 Å². The van der Waals surface area contributed by atoms with Gasteiger partial charge >= 0.3 is 0 Å². The van der Waals surface area contributed by atoms with Gasteiger partial charge in [0, 0.05) is 12.7 Å². The van der Waals surface area contributed by atoms with Gasteiger partial charge in [0.15, 0.2) is 0 Å². The molecule has 0 aliphatic heterocycles. The second-order valence-corrected chi connectivity index (χ2v) is 4.07. The Kier molecular flexibility index (Phi) is 3.77. The summed E-state index contributed by atoms with van der Waals surface area (Å²) in [6, 6.07) is 7.34. The number of methoxy groups -OCH3 is 1. The lowest BCUT2D eigenvalue weighted by Crippen LogP contribution is -2.02. The highest BCUT2D eigenvalue weighted by Crippen LogP contribution is 2.25. The van der Waals surface area contributed by atoms with Crippen LogP contribution in [-0.2, 0) is 6.54 Å². The van der Waals surface area contributed by atoms with Gasteiger partial charge in [0.1, 0.15) is 11.6 Å². The minimum Gasteiger partial charge on any atom is -0.495 e. The van der Waals surface area contributed by atoms with Gasteiger partial charge < -0.3 is 10.1 Å². The number of anilines is 1. The molecule has 0 bridgehead atoms. The van der Waals surface area contributed by atoms with Gasteiger partial charge in [-0.3, -0.25) is 4.98 Å². The molecule has 2 aromatic rings. The third-order valence-electron chi connectivity index (χ3n) is 2.60. The molecule has 3 nitrogen and oxygen atoms in total. The van der Waals surface area contributed by atoms with Crippen LogP contribution in [0.4, 0.5) is 10.1 Å². The molecule has 0 saturated carbocycles. The molecule has 0 saturated heterocycles. The molecule has 0 unspecified atom stereocenters. The highest BCUT2D eigenvalue weighted by atomic mass is 19.1. The molecule has 1 heterocycles. The molecule has 18 heavy (non-hydrogen) atoms. The normalized spacial score (nSPS) is 10.2. The Morgan fingerprint density at radius 2 is 2.11 bits per heavy atom. The molecule has 94 valence electrons. The van der Waals surface area contributed by atoms with Crippen LogP contribution in [0, 0.1) is 12.7 Å². The zero-order chi connectivity index (χ0) is 13.0. The van der Waals surface area contributed by atoms with Crippen molar-refractivity contribution in [3.63, 3.8) is 0 Å². The van der Waals surface area contributed by atoms with Gasteiger partial charge in [0.2, 0.25) is 0 Å². The number of hydrogen-bond acceptors (Lipinski definition) is 3. The van der Waals surface area contributed by atoms with E-state index < -0.39 is 0 Å². The van der Waals surface area contributed by atoms with Crippen LogP contribution in [0.2, 0.25) is 0 Å². The lowest BCUT2D eigenvalue weighted by Gasteiger charge is -2.11. The van der Waals surface area contributed by atoms with Crippen LogP contribution in [0.3, 0.4) is 0 Å². The van der Waals surface area contributed by atoms with E-state index in [-0.39, 0.29) is 5.82 Å². The summed E-state index contributed by atoms with van der Waals surface area (Å²) in [6.45, 7) is 2.51. The summed E-state index contributed by atoms with van der Waals surface area (Å²) in [5, 5.41) is 3.22. The summed E-state index contributed by atoms with van der Waals surface area (Å²) >= 11 is 0. The van der Waals surface area contributed by atoms with Crippen LogP contribution in [0.5, 0.6) is 5.75 Å². The number of benzene rings is 1. The summed E-state index contributed by atoms with van der Waals surface area (Å²) in [6.07, 6.45) is 2.83. The summed E-state index contributed by atoms with van der Waals surface area (Å²) in [5.41, 5.74) is 2.82. The van der Waals surface area contributed by atoms with E-state index in [9.17, 15) is 4.39 Å². The molecule has 0 radical (unpaired) electrons. The van der Waals surface area contributed by atoms with Crippen molar-refractivity contribution in [3.8, 4) is 5.75 Å². The van der Waals surface area contributed by atoms with Gasteiger partial charge in [-0.2, -0.15) is 0 Å². The smallest absolute Gasteiger partial charge is 0.141 e. The van der Waals surface area contributed by atoms with E-state index in [0.29, 0.717) is 6.54 Å². The number of nitrogens with one attached hydrogen (secondary N) is 1. The maximum Gasteiger partial charge on any atom is 0.141 e. The molecule has 1 aromatic carbocycles. The van der Waals surface area contributed by atoms with Gasteiger partial charge in [-0.15, -0.1) is 0 Å². The van der Waals surface area contributed by atoms with Crippen LogP contribution in [-0.4, -0.2) is 12.1 Å². The summed E-state index contributed by atoms with van der Waals surface area (Å²) in [4.78, 5) is 3.81. The zero-order valence-corrected chi connectivity index (χ0v) is 10.4. The van der Waals surface area contributed by atoms with Crippen LogP contribution in [0.25, 0.3) is 0 Å². The predicted molar refractivity (Wildman–Crippen MR) is 69.3 cm³/mol. The Morgan fingerprint density at radius 3 is 2.83 bits per heavy atom. The number of ether oxygens (including phenoxy) is 1. The Hall–Kier alpha value is -2.10. The molecule has 0 aliphatic rings. The molecule has 1 N–H and O–H groups in total. The minimum atomic E-state index is -0.328. The minimum absolute atomic E-state index is 0.328. The van der Waals surface area contributed by atoms with E-state index in [0.717, 1.165) is 22.6 Å². The summed E-state index contributed by atoms with van der Waals surface area (Å²) in [5.74, 6) is 0.440. The highest BCUT2D eigenvalue weighted by Gasteiger charge is 2.03. The number of pyridine rings is 1. The molecule has 1 aromatic heterocycles. The van der Waals surface area contributed by atoms with Gasteiger partial charge in [-0.1, -0.05) is 6.07 Å². The first-order chi connectivity index (χ1) is 8.69. The standard InChI is InChI=1S/C14H15FN2O/c1-10-3-4-14(18-2)13(5-10)17-8-11-6-12(15)9-16-7-11/h3-7,9,17H,8H2,1-2H3. The fourth-order valence-corrected chi connectivity index (χ4v) is 1.71. The van der Waals surface area contributed by atoms with Crippen molar-refractivity contribution in [2.45, 2.75) is 13.5 Å². The fourth-order valence-electron chi connectivity index (χ4n) is 1.71. The molecule has 0 atom stereocenters. The van der Waals surface area contributed by atoms with E-state index in [1.807, 2.05) is 25.1 Å². The van der Waals surface area contributed by atoms with Crippen LogP contribution < -0.4 is 10.1 Å². The number of hydrogen-bond donors (Lipinski definition) is 1. The van der Waals surface area contributed by atoms with Crippen molar-refractivity contribution in [1.82, 2.24) is 4.98 Å². The molecule has 0 fully saturated rings. The van der Waals surface area contributed by atoms with Gasteiger partial charge in [0.05, 0.1) is 19.0 Å². The zero-order valence-electron chi connectivity index (χ0n) is 10.4. The fraction of sp³-hybridized carbons (Fsp3) is 0.214. The van der Waals surface area contributed by atoms with Crippen molar-refractivity contribution < 1.29 is 9.13 Å². The Bertz CT molecular complexity index is 543. The molecule has 0 aliphatic carbocycles. The molecular weight excluding hydrogens is 231 g/mol. The van der Waals surface area contributed by atoms with Crippen molar-refractivity contribution in [2.24, 2.45) is 0 Å². The largest absolute Gasteiger partial charge is 0.495 e.